The van der Waals surface area contributed by atoms with Gasteiger partial charge in [-0.2, -0.15) is 22.5 Å². The van der Waals surface area contributed by atoms with Crippen LogP contribution in [0.3, 0.4) is 0 Å². The zero-order valence-corrected chi connectivity index (χ0v) is 11.9. The first-order chi connectivity index (χ1) is 8.08. The number of rotatable bonds is 4. The Hall–Kier alpha value is -0.560. The molecule has 0 radical (unpaired) electrons. The summed E-state index contributed by atoms with van der Waals surface area (Å²) >= 11 is 6.77. The predicted octanol–water partition coefficient (Wildman–Crippen LogP) is 4.01. The third-order valence-electron chi connectivity index (χ3n) is 1.99. The van der Waals surface area contributed by atoms with Crippen LogP contribution in [0.15, 0.2) is 0 Å². The molecule has 1 heterocycles. The summed E-state index contributed by atoms with van der Waals surface area (Å²) in [5.74, 6) is -1.11. The Kier molecular flexibility index (Phi) is 4.83. The molecule has 0 aliphatic carbocycles. The summed E-state index contributed by atoms with van der Waals surface area (Å²) in [6.45, 7) is 6.52. The molecule has 18 heavy (non-hydrogen) atoms. The summed E-state index contributed by atoms with van der Waals surface area (Å²) in [6, 6.07) is 0. The number of nitrogens with one attached hydrogen (secondary N) is 1. The zero-order valence-electron chi connectivity index (χ0n) is 10.3. The number of hydrogen-bond acceptors (Lipinski definition) is 4. The number of aromatic nitrogens is 2. The van der Waals surface area contributed by atoms with E-state index in [9.17, 15) is 13.2 Å². The van der Waals surface area contributed by atoms with Crippen LogP contribution in [0.1, 0.15) is 33.0 Å². The van der Waals surface area contributed by atoms with Crippen LogP contribution in [0.5, 0.6) is 0 Å². The van der Waals surface area contributed by atoms with Gasteiger partial charge in [-0.25, -0.2) is 0 Å². The van der Waals surface area contributed by atoms with Crippen LogP contribution < -0.4 is 5.32 Å². The van der Waals surface area contributed by atoms with Crippen molar-refractivity contribution < 1.29 is 13.2 Å². The van der Waals surface area contributed by atoms with Crippen molar-refractivity contribution in [3.63, 3.8) is 0 Å². The first kappa shape index (κ1) is 15.5. The van der Waals surface area contributed by atoms with E-state index in [-0.39, 0.29) is 15.9 Å². The van der Waals surface area contributed by atoms with E-state index in [4.69, 9.17) is 11.6 Å². The summed E-state index contributed by atoms with van der Waals surface area (Å²) in [6.07, 6.45) is -3.74. The summed E-state index contributed by atoms with van der Waals surface area (Å²) in [5, 5.41) is 2.75. The average Bonchev–Trinajstić information content (AvgIpc) is 2.59. The van der Waals surface area contributed by atoms with Crippen molar-refractivity contribution in [2.24, 2.45) is 5.41 Å². The Labute approximate surface area is 113 Å². The minimum atomic E-state index is -4.50. The molecule has 0 saturated heterocycles. The molecule has 1 N–H and O–H groups in total. The van der Waals surface area contributed by atoms with Crippen LogP contribution in [0.2, 0.25) is 0 Å². The maximum Gasteiger partial charge on any atom is 0.452 e. The zero-order chi connectivity index (χ0) is 14.0. The van der Waals surface area contributed by atoms with Gasteiger partial charge >= 0.3 is 6.18 Å². The average molecular weight is 302 g/mol. The fourth-order valence-corrected chi connectivity index (χ4v) is 2.48. The summed E-state index contributed by atoms with van der Waals surface area (Å²) in [5.41, 5.74) is 0.0757. The van der Waals surface area contributed by atoms with Gasteiger partial charge in [-0.3, -0.25) is 0 Å². The number of alkyl halides is 4. The summed E-state index contributed by atoms with van der Waals surface area (Å²) in [4.78, 5) is 3.36. The fraction of sp³-hybridized carbons (Fsp3) is 0.800. The highest BCUT2D eigenvalue weighted by Crippen LogP contribution is 2.29. The molecule has 0 amide bonds. The van der Waals surface area contributed by atoms with Crippen LogP contribution in [-0.4, -0.2) is 21.3 Å². The molecule has 0 aliphatic rings. The van der Waals surface area contributed by atoms with E-state index in [0.717, 1.165) is 6.42 Å². The van der Waals surface area contributed by atoms with E-state index in [1.165, 1.54) is 0 Å². The van der Waals surface area contributed by atoms with Crippen molar-refractivity contribution in [1.29, 1.82) is 0 Å². The molecule has 0 fully saturated rings. The van der Waals surface area contributed by atoms with Gasteiger partial charge in [0.05, 0.1) is 5.38 Å². The summed E-state index contributed by atoms with van der Waals surface area (Å²) in [7, 11) is 0. The van der Waals surface area contributed by atoms with Crippen LogP contribution in [-0.2, 0) is 6.18 Å². The minimum Gasteiger partial charge on any atom is -0.359 e. The van der Waals surface area contributed by atoms with E-state index in [1.54, 1.807) is 0 Å². The Balaban J connectivity index is 2.47. The van der Waals surface area contributed by atoms with Crippen LogP contribution in [0.4, 0.5) is 18.3 Å². The lowest BCUT2D eigenvalue weighted by Gasteiger charge is -2.21. The quantitative estimate of drug-likeness (QED) is 0.854. The highest BCUT2D eigenvalue weighted by molar-refractivity contribution is 7.09. The Morgan fingerprint density at radius 2 is 1.94 bits per heavy atom. The third kappa shape index (κ3) is 5.39. The van der Waals surface area contributed by atoms with Crippen LogP contribution in [0.25, 0.3) is 0 Å². The van der Waals surface area contributed by atoms with Crippen molar-refractivity contribution in [3.8, 4) is 0 Å². The molecule has 0 aromatic carbocycles. The molecule has 1 aromatic rings. The van der Waals surface area contributed by atoms with Crippen LogP contribution >= 0.6 is 23.1 Å². The van der Waals surface area contributed by atoms with Crippen molar-refractivity contribution in [3.05, 3.63) is 5.82 Å². The number of hydrogen-bond donors (Lipinski definition) is 1. The summed E-state index contributed by atoms with van der Waals surface area (Å²) < 4.78 is 40.0. The van der Waals surface area contributed by atoms with E-state index >= 15 is 0 Å². The first-order valence-corrected chi connectivity index (χ1v) is 6.58. The lowest BCUT2D eigenvalue weighted by Crippen LogP contribution is -2.20. The molecule has 1 aromatic heterocycles. The maximum atomic E-state index is 12.3. The fourth-order valence-electron chi connectivity index (χ4n) is 1.35. The highest BCUT2D eigenvalue weighted by Gasteiger charge is 2.36. The van der Waals surface area contributed by atoms with Gasteiger partial charge in [0.15, 0.2) is 0 Å². The molecular formula is C10H15ClF3N3S. The van der Waals surface area contributed by atoms with Crippen molar-refractivity contribution in [2.45, 2.75) is 38.7 Å². The van der Waals surface area contributed by atoms with Gasteiger partial charge in [0.1, 0.15) is 0 Å². The largest absolute Gasteiger partial charge is 0.452 e. The molecule has 104 valence electrons. The van der Waals surface area contributed by atoms with Gasteiger partial charge in [-0.15, -0.1) is 11.6 Å². The Bertz CT molecular complexity index is 386. The van der Waals surface area contributed by atoms with Gasteiger partial charge in [-0.1, -0.05) is 20.8 Å². The highest BCUT2D eigenvalue weighted by atomic mass is 35.5. The number of anilines is 1. The maximum absolute atomic E-state index is 12.3. The monoisotopic (exact) mass is 301 g/mol. The van der Waals surface area contributed by atoms with E-state index in [1.807, 2.05) is 0 Å². The van der Waals surface area contributed by atoms with Gasteiger partial charge in [0.2, 0.25) is 11.0 Å². The molecule has 0 aliphatic heterocycles. The SMILES string of the molecule is CC(C)(C)CC(Cl)CNc1nc(C(F)(F)F)ns1. The van der Waals surface area contributed by atoms with Gasteiger partial charge in [-0.05, 0) is 11.8 Å². The first-order valence-electron chi connectivity index (χ1n) is 5.37. The molecule has 0 saturated carbocycles. The van der Waals surface area contributed by atoms with Crippen LogP contribution in [0, 0.1) is 5.41 Å². The Morgan fingerprint density at radius 3 is 2.39 bits per heavy atom. The van der Waals surface area contributed by atoms with Crippen molar-refractivity contribution >= 4 is 28.3 Å². The molecule has 8 heteroatoms. The third-order valence-corrected chi connectivity index (χ3v) is 2.97. The topological polar surface area (TPSA) is 37.8 Å². The molecule has 0 bridgehead atoms. The predicted molar refractivity (Wildman–Crippen MR) is 67.1 cm³/mol. The molecule has 0 spiro atoms. The molecular weight excluding hydrogens is 287 g/mol. The smallest absolute Gasteiger partial charge is 0.359 e. The lowest BCUT2D eigenvalue weighted by molar-refractivity contribution is -0.144. The normalized spacial score (nSPS) is 14.6. The van der Waals surface area contributed by atoms with Crippen molar-refractivity contribution in [2.75, 3.05) is 11.9 Å². The van der Waals surface area contributed by atoms with Crippen molar-refractivity contribution in [1.82, 2.24) is 9.36 Å². The van der Waals surface area contributed by atoms with Gasteiger partial charge in [0.25, 0.3) is 0 Å². The van der Waals surface area contributed by atoms with Gasteiger partial charge in [0, 0.05) is 18.1 Å². The Morgan fingerprint density at radius 1 is 1.33 bits per heavy atom. The lowest BCUT2D eigenvalue weighted by atomic mass is 9.90. The molecule has 3 nitrogen and oxygen atoms in total. The standard InChI is InChI=1S/C10H15ClF3N3S/c1-9(2,3)4-6(11)5-15-8-16-7(17-18-8)10(12,13)14/h6H,4-5H2,1-3H3,(H,15,16,17). The van der Waals surface area contributed by atoms with E-state index in [2.05, 4.69) is 35.4 Å². The second-order valence-corrected chi connectivity index (χ2v) is 6.53. The number of nitrogens with zero attached hydrogens (tertiary/aromatic N) is 2. The second-order valence-electron chi connectivity index (χ2n) is 5.16. The molecule has 1 atom stereocenters. The molecule has 1 unspecified atom stereocenters. The number of halogens is 4. The second kappa shape index (κ2) is 5.61. The molecule has 1 rings (SSSR count). The van der Waals surface area contributed by atoms with Gasteiger partial charge < -0.3 is 5.32 Å². The minimum absolute atomic E-state index is 0.0757. The van der Waals surface area contributed by atoms with E-state index < -0.39 is 12.0 Å². The van der Waals surface area contributed by atoms with E-state index in [0.29, 0.717) is 18.1 Å².